The zero-order chi connectivity index (χ0) is 16.8. The normalized spacial score (nSPS) is 17.6. The van der Waals surface area contributed by atoms with Crippen LogP contribution in [-0.2, 0) is 20.8 Å². The number of thiazole rings is 1. The molecule has 1 aromatic heterocycles. The first kappa shape index (κ1) is 17.1. The van der Waals surface area contributed by atoms with E-state index >= 15 is 0 Å². The first-order valence-corrected chi connectivity index (χ1v) is 9.05. The maximum Gasteiger partial charge on any atom is 0.350 e. The van der Waals surface area contributed by atoms with E-state index in [4.69, 9.17) is 14.2 Å². The van der Waals surface area contributed by atoms with Crippen LogP contribution in [0.25, 0.3) is 10.6 Å². The Morgan fingerprint density at radius 1 is 1.33 bits per heavy atom. The number of aromatic nitrogens is 1. The number of ether oxygens (including phenoxy) is 3. The predicted octanol–water partition coefficient (Wildman–Crippen LogP) is 4.03. The zero-order valence-corrected chi connectivity index (χ0v) is 14.5. The second-order valence-corrected chi connectivity index (χ2v) is 6.49. The summed E-state index contributed by atoms with van der Waals surface area (Å²) in [5, 5.41) is 0.793. The highest BCUT2D eigenvalue weighted by molar-refractivity contribution is 7.17. The first-order chi connectivity index (χ1) is 11.8. The molecule has 2 heterocycles. The summed E-state index contributed by atoms with van der Waals surface area (Å²) < 4.78 is 16.5. The lowest BCUT2D eigenvalue weighted by atomic mass is 10.2. The van der Waals surface area contributed by atoms with Crippen LogP contribution in [-0.4, -0.2) is 30.5 Å². The van der Waals surface area contributed by atoms with Crippen LogP contribution in [0.5, 0.6) is 0 Å². The summed E-state index contributed by atoms with van der Waals surface area (Å²) >= 11 is 1.34. The minimum absolute atomic E-state index is 0.212. The molecule has 0 spiro atoms. The number of nitrogens with zero attached hydrogens (tertiary/aromatic N) is 1. The smallest absolute Gasteiger partial charge is 0.350 e. The van der Waals surface area contributed by atoms with Gasteiger partial charge in [-0.3, -0.25) is 0 Å². The molecule has 0 N–H and O–H groups in total. The summed E-state index contributed by atoms with van der Waals surface area (Å²) in [6.07, 6.45) is 2.84. The fourth-order valence-electron chi connectivity index (χ4n) is 2.52. The molecular weight excluding hydrogens is 326 g/mol. The van der Waals surface area contributed by atoms with Crippen LogP contribution in [0.3, 0.4) is 0 Å². The fraction of sp³-hybridized carbons (Fsp3) is 0.444. The number of benzene rings is 1. The summed E-state index contributed by atoms with van der Waals surface area (Å²) in [7, 11) is 0. The summed E-state index contributed by atoms with van der Waals surface area (Å²) in [6, 6.07) is 9.80. The van der Waals surface area contributed by atoms with Crippen LogP contribution in [0.1, 0.15) is 41.6 Å². The van der Waals surface area contributed by atoms with Crippen molar-refractivity contribution in [3.63, 3.8) is 0 Å². The molecule has 1 atom stereocenters. The molecule has 1 fully saturated rings. The largest absolute Gasteiger partial charge is 0.462 e. The van der Waals surface area contributed by atoms with Crippen molar-refractivity contribution in [2.75, 3.05) is 13.2 Å². The summed E-state index contributed by atoms with van der Waals surface area (Å²) in [5.74, 6) is -0.347. The summed E-state index contributed by atoms with van der Waals surface area (Å²) in [4.78, 5) is 17.3. The lowest BCUT2D eigenvalue weighted by molar-refractivity contribution is -0.169. The van der Waals surface area contributed by atoms with Gasteiger partial charge in [0.2, 0.25) is 0 Å². The topological polar surface area (TPSA) is 57.7 Å². The molecule has 0 aliphatic carbocycles. The van der Waals surface area contributed by atoms with Crippen molar-refractivity contribution in [3.05, 3.63) is 40.9 Å². The molecule has 128 valence electrons. The van der Waals surface area contributed by atoms with E-state index in [0.29, 0.717) is 17.2 Å². The predicted molar refractivity (Wildman–Crippen MR) is 91.9 cm³/mol. The van der Waals surface area contributed by atoms with Crippen LogP contribution in [0.4, 0.5) is 0 Å². The number of carbonyl (C=O) groups excluding carboxylic acids is 1. The van der Waals surface area contributed by atoms with E-state index < -0.39 is 0 Å². The number of rotatable bonds is 6. The van der Waals surface area contributed by atoms with Crippen LogP contribution >= 0.6 is 11.3 Å². The Bertz CT molecular complexity index is 665. The van der Waals surface area contributed by atoms with Gasteiger partial charge in [0.1, 0.15) is 9.88 Å². The van der Waals surface area contributed by atoms with Crippen molar-refractivity contribution in [1.82, 2.24) is 4.98 Å². The van der Waals surface area contributed by atoms with Crippen LogP contribution in [0.2, 0.25) is 0 Å². The molecule has 2 aromatic rings. The third-order valence-electron chi connectivity index (χ3n) is 3.72. The molecule has 1 unspecified atom stereocenters. The summed E-state index contributed by atoms with van der Waals surface area (Å²) in [6.45, 7) is 3.11. The number of hydrogen-bond acceptors (Lipinski definition) is 6. The Hall–Kier alpha value is -1.76. The van der Waals surface area contributed by atoms with E-state index in [1.807, 2.05) is 30.3 Å². The third kappa shape index (κ3) is 4.20. The lowest BCUT2D eigenvalue weighted by Gasteiger charge is -2.22. The van der Waals surface area contributed by atoms with Crippen LogP contribution in [0.15, 0.2) is 30.3 Å². The second kappa shape index (κ2) is 8.37. The molecule has 6 heteroatoms. The van der Waals surface area contributed by atoms with Gasteiger partial charge < -0.3 is 14.2 Å². The molecule has 0 bridgehead atoms. The Labute approximate surface area is 145 Å². The molecule has 5 nitrogen and oxygen atoms in total. The average Bonchev–Trinajstić information content (AvgIpc) is 3.06. The Kier molecular flexibility index (Phi) is 5.96. The van der Waals surface area contributed by atoms with Crippen molar-refractivity contribution in [1.29, 1.82) is 0 Å². The first-order valence-electron chi connectivity index (χ1n) is 8.23. The van der Waals surface area contributed by atoms with Gasteiger partial charge in [-0.15, -0.1) is 11.3 Å². The molecule has 1 aliphatic rings. The number of hydrogen-bond donors (Lipinski definition) is 0. The molecule has 0 radical (unpaired) electrons. The maximum absolute atomic E-state index is 12.2. The number of carbonyl (C=O) groups is 1. The van der Waals surface area contributed by atoms with Gasteiger partial charge in [-0.25, -0.2) is 9.78 Å². The Morgan fingerprint density at radius 2 is 2.17 bits per heavy atom. The van der Waals surface area contributed by atoms with E-state index in [1.165, 1.54) is 11.3 Å². The van der Waals surface area contributed by atoms with Crippen molar-refractivity contribution >= 4 is 17.3 Å². The van der Waals surface area contributed by atoms with Crippen LogP contribution in [0, 0.1) is 0 Å². The molecule has 0 amide bonds. The Balaban J connectivity index is 1.79. The quantitative estimate of drug-likeness (QED) is 0.739. The SMILES string of the molecule is CCOC(=O)c1sc(-c2ccccc2)nc1COC1CCCCO1. The minimum atomic E-state index is -0.347. The van der Waals surface area contributed by atoms with E-state index in [0.717, 1.165) is 36.4 Å². The molecule has 1 aromatic carbocycles. The molecule has 0 saturated carbocycles. The van der Waals surface area contributed by atoms with Gasteiger partial charge in [-0.05, 0) is 26.2 Å². The van der Waals surface area contributed by atoms with Gasteiger partial charge in [-0.1, -0.05) is 30.3 Å². The molecule has 1 saturated heterocycles. The van der Waals surface area contributed by atoms with Gasteiger partial charge in [0.25, 0.3) is 0 Å². The highest BCUT2D eigenvalue weighted by atomic mass is 32.1. The van der Waals surface area contributed by atoms with E-state index in [1.54, 1.807) is 6.92 Å². The highest BCUT2D eigenvalue weighted by Gasteiger charge is 2.22. The van der Waals surface area contributed by atoms with Crippen molar-refractivity contribution in [2.45, 2.75) is 39.1 Å². The lowest BCUT2D eigenvalue weighted by Crippen LogP contribution is -2.22. The fourth-order valence-corrected chi connectivity index (χ4v) is 3.49. The van der Waals surface area contributed by atoms with Crippen molar-refractivity contribution in [3.8, 4) is 10.6 Å². The standard InChI is InChI=1S/C18H21NO4S/c1-2-21-18(20)16-14(12-23-15-10-6-7-11-22-15)19-17(24-16)13-8-4-3-5-9-13/h3-5,8-9,15H,2,6-7,10-12H2,1H3. The molecule has 3 rings (SSSR count). The molecular formula is C18H21NO4S. The van der Waals surface area contributed by atoms with E-state index in [-0.39, 0.29) is 18.9 Å². The van der Waals surface area contributed by atoms with Gasteiger partial charge in [0, 0.05) is 12.2 Å². The van der Waals surface area contributed by atoms with Gasteiger partial charge in [0.05, 0.1) is 18.9 Å². The maximum atomic E-state index is 12.2. The second-order valence-electron chi connectivity index (χ2n) is 5.49. The zero-order valence-electron chi connectivity index (χ0n) is 13.7. The third-order valence-corrected chi connectivity index (χ3v) is 4.85. The van der Waals surface area contributed by atoms with Crippen LogP contribution < -0.4 is 0 Å². The van der Waals surface area contributed by atoms with Gasteiger partial charge >= 0.3 is 5.97 Å². The monoisotopic (exact) mass is 347 g/mol. The van der Waals surface area contributed by atoms with Gasteiger partial charge in [0.15, 0.2) is 6.29 Å². The summed E-state index contributed by atoms with van der Waals surface area (Å²) in [5.41, 5.74) is 1.60. The van der Waals surface area contributed by atoms with Gasteiger partial charge in [-0.2, -0.15) is 0 Å². The van der Waals surface area contributed by atoms with Crippen molar-refractivity contribution < 1.29 is 19.0 Å². The highest BCUT2D eigenvalue weighted by Crippen LogP contribution is 2.29. The number of esters is 1. The Morgan fingerprint density at radius 3 is 2.88 bits per heavy atom. The molecule has 24 heavy (non-hydrogen) atoms. The average molecular weight is 347 g/mol. The molecule has 1 aliphatic heterocycles. The van der Waals surface area contributed by atoms with Crippen molar-refractivity contribution in [2.24, 2.45) is 0 Å². The minimum Gasteiger partial charge on any atom is -0.462 e. The van der Waals surface area contributed by atoms with E-state index in [9.17, 15) is 4.79 Å². The van der Waals surface area contributed by atoms with E-state index in [2.05, 4.69) is 4.98 Å².